The fourth-order valence-corrected chi connectivity index (χ4v) is 4.35. The molecule has 9 nitrogen and oxygen atoms in total. The Hall–Kier alpha value is -2.42. The molecule has 9 heteroatoms. The fourth-order valence-electron chi connectivity index (χ4n) is 4.35. The van der Waals surface area contributed by atoms with Crippen LogP contribution in [0.3, 0.4) is 0 Å². The number of aromatic nitrogens is 4. The second-order valence-corrected chi connectivity index (χ2v) is 9.03. The number of ether oxygens (including phenoxy) is 2. The first-order valence-electron chi connectivity index (χ1n) is 12.7. The Morgan fingerprint density at radius 1 is 0.853 bits per heavy atom. The molecule has 0 aromatic carbocycles. The Kier molecular flexibility index (Phi) is 12.7. The molecule has 34 heavy (non-hydrogen) atoms. The van der Waals surface area contributed by atoms with E-state index in [0.717, 1.165) is 25.7 Å². The molecular formula is C25H42N4O5. The van der Waals surface area contributed by atoms with E-state index in [1.165, 1.54) is 69.5 Å². The van der Waals surface area contributed by atoms with Crippen molar-refractivity contribution in [2.45, 2.75) is 103 Å². The molecule has 0 atom stereocenters. The van der Waals surface area contributed by atoms with E-state index >= 15 is 0 Å². The van der Waals surface area contributed by atoms with Crippen molar-refractivity contribution in [3.63, 3.8) is 0 Å². The monoisotopic (exact) mass is 478 g/mol. The number of imidazole rings is 1. The van der Waals surface area contributed by atoms with Crippen LogP contribution in [0.2, 0.25) is 0 Å². The van der Waals surface area contributed by atoms with Crippen molar-refractivity contribution in [3.05, 3.63) is 26.7 Å². The minimum absolute atomic E-state index is 0.102. The molecule has 0 aliphatic rings. The van der Waals surface area contributed by atoms with Gasteiger partial charge in [-0.3, -0.25) is 19.1 Å². The molecule has 0 saturated carbocycles. The Morgan fingerprint density at radius 3 is 1.91 bits per heavy atom. The summed E-state index contributed by atoms with van der Waals surface area (Å²) in [6.45, 7) is 0.992. The summed E-state index contributed by atoms with van der Waals surface area (Å²) in [6, 6.07) is 0. The zero-order valence-corrected chi connectivity index (χ0v) is 21.2. The first-order valence-corrected chi connectivity index (χ1v) is 12.7. The lowest BCUT2D eigenvalue weighted by molar-refractivity contribution is -0.140. The number of nitrogens with one attached hydrogen (secondary N) is 1. The van der Waals surface area contributed by atoms with E-state index in [0.29, 0.717) is 36.6 Å². The normalized spacial score (nSPS) is 11.4. The summed E-state index contributed by atoms with van der Waals surface area (Å²) in [5, 5.41) is 0. The van der Waals surface area contributed by atoms with E-state index in [1.807, 2.05) is 4.57 Å². The Bertz CT molecular complexity index is 992. The van der Waals surface area contributed by atoms with Crippen LogP contribution in [-0.2, 0) is 34.5 Å². The fraction of sp³-hybridized carbons (Fsp3) is 0.760. The highest BCUT2D eigenvalue weighted by Crippen LogP contribution is 2.16. The van der Waals surface area contributed by atoms with Crippen LogP contribution < -0.4 is 11.2 Å². The van der Waals surface area contributed by atoms with Gasteiger partial charge in [0.1, 0.15) is 12.4 Å². The first kappa shape index (κ1) is 27.8. The van der Waals surface area contributed by atoms with E-state index in [1.54, 1.807) is 14.2 Å². The number of carbonyl (C=O) groups is 1. The maximum Gasteiger partial charge on any atom is 0.329 e. The number of esters is 1. The maximum atomic E-state index is 12.4. The summed E-state index contributed by atoms with van der Waals surface area (Å²) in [5.74, 6) is 0.571. The number of aryl methyl sites for hydroxylation is 2. The molecule has 0 aliphatic carbocycles. The third-order valence-electron chi connectivity index (χ3n) is 6.35. The summed E-state index contributed by atoms with van der Waals surface area (Å²) in [5.41, 5.74) is -0.00416. The number of hydrogen-bond donors (Lipinski definition) is 1. The van der Waals surface area contributed by atoms with Crippen molar-refractivity contribution in [1.29, 1.82) is 0 Å². The summed E-state index contributed by atoms with van der Waals surface area (Å²) < 4.78 is 13.2. The third-order valence-corrected chi connectivity index (χ3v) is 6.35. The lowest BCUT2D eigenvalue weighted by Gasteiger charge is -2.08. The lowest BCUT2D eigenvalue weighted by Crippen LogP contribution is -2.29. The highest BCUT2D eigenvalue weighted by Gasteiger charge is 2.16. The number of methoxy groups -OCH3 is 2. The minimum atomic E-state index is -0.457. The number of fused-ring (bicyclic) bond motifs is 1. The first-order chi connectivity index (χ1) is 16.5. The van der Waals surface area contributed by atoms with Crippen LogP contribution in [0.1, 0.15) is 95.7 Å². The number of aromatic amines is 1. The van der Waals surface area contributed by atoms with Gasteiger partial charge in [0.25, 0.3) is 5.56 Å². The van der Waals surface area contributed by atoms with Gasteiger partial charge in [-0.1, -0.05) is 70.6 Å². The molecule has 2 rings (SSSR count). The smallest absolute Gasteiger partial charge is 0.329 e. The molecule has 0 fully saturated rings. The predicted octanol–water partition coefficient (Wildman–Crippen LogP) is 4.20. The quantitative estimate of drug-likeness (QED) is 0.254. The van der Waals surface area contributed by atoms with Crippen molar-refractivity contribution in [2.75, 3.05) is 14.2 Å². The SMILES string of the molecule is COCc1nc2c(c(=O)[nH]c(=O)n2C)n1CCCCCCCCCCCCCCCC(=O)OC. The zero-order chi connectivity index (χ0) is 24.8. The topological polar surface area (TPSA) is 108 Å². The number of nitrogens with zero attached hydrogens (tertiary/aromatic N) is 3. The van der Waals surface area contributed by atoms with Crippen molar-refractivity contribution < 1.29 is 14.3 Å². The molecule has 0 bridgehead atoms. The average Bonchev–Trinajstić information content (AvgIpc) is 3.18. The van der Waals surface area contributed by atoms with Gasteiger partial charge in [-0.25, -0.2) is 9.78 Å². The summed E-state index contributed by atoms with van der Waals surface area (Å²) >= 11 is 0. The van der Waals surface area contributed by atoms with Gasteiger partial charge in [-0.15, -0.1) is 0 Å². The average molecular weight is 479 g/mol. The lowest BCUT2D eigenvalue weighted by atomic mass is 10.0. The third kappa shape index (κ3) is 8.74. The van der Waals surface area contributed by atoms with Crippen molar-refractivity contribution >= 4 is 17.1 Å². The molecule has 0 saturated heterocycles. The number of hydrogen-bond acceptors (Lipinski definition) is 6. The summed E-state index contributed by atoms with van der Waals surface area (Å²) in [4.78, 5) is 42.2. The van der Waals surface area contributed by atoms with Gasteiger partial charge in [0, 0.05) is 27.1 Å². The second-order valence-electron chi connectivity index (χ2n) is 9.03. The van der Waals surface area contributed by atoms with Crippen molar-refractivity contribution in [3.8, 4) is 0 Å². The molecule has 192 valence electrons. The van der Waals surface area contributed by atoms with E-state index in [2.05, 4.69) is 14.7 Å². The van der Waals surface area contributed by atoms with E-state index in [-0.39, 0.29) is 5.97 Å². The molecule has 0 unspecified atom stereocenters. The molecule has 0 spiro atoms. The molecule has 2 aromatic rings. The summed E-state index contributed by atoms with van der Waals surface area (Å²) in [6.07, 6.45) is 16.0. The van der Waals surface area contributed by atoms with Crippen LogP contribution in [0.25, 0.3) is 11.2 Å². The summed E-state index contributed by atoms with van der Waals surface area (Å²) in [7, 11) is 4.66. The number of carbonyl (C=O) groups excluding carboxylic acids is 1. The molecule has 1 N–H and O–H groups in total. The molecule has 2 aromatic heterocycles. The highest BCUT2D eigenvalue weighted by molar-refractivity contribution is 5.70. The predicted molar refractivity (Wildman–Crippen MR) is 133 cm³/mol. The van der Waals surface area contributed by atoms with E-state index in [9.17, 15) is 14.4 Å². The van der Waals surface area contributed by atoms with Crippen LogP contribution in [0.15, 0.2) is 9.59 Å². The van der Waals surface area contributed by atoms with Crippen molar-refractivity contribution in [2.24, 2.45) is 7.05 Å². The number of H-pyrrole nitrogens is 1. The molecular weight excluding hydrogens is 436 g/mol. The maximum absolute atomic E-state index is 12.4. The molecule has 2 heterocycles. The van der Waals surface area contributed by atoms with E-state index < -0.39 is 11.2 Å². The number of rotatable bonds is 18. The number of unbranched alkanes of at least 4 members (excludes halogenated alkanes) is 12. The van der Waals surface area contributed by atoms with Gasteiger partial charge in [0.2, 0.25) is 0 Å². The Morgan fingerprint density at radius 2 is 1.38 bits per heavy atom. The van der Waals surface area contributed by atoms with Crippen LogP contribution >= 0.6 is 0 Å². The largest absolute Gasteiger partial charge is 0.469 e. The van der Waals surface area contributed by atoms with Crippen LogP contribution in [0, 0.1) is 0 Å². The van der Waals surface area contributed by atoms with Crippen LogP contribution in [-0.4, -0.2) is 39.3 Å². The van der Waals surface area contributed by atoms with Crippen LogP contribution in [0.5, 0.6) is 0 Å². The molecule has 0 aliphatic heterocycles. The standard InChI is InChI=1S/C25H42N4O5/c1-28-23-22(24(31)27-25(28)32)29(20(26-23)19-33-2)18-16-14-12-10-8-6-4-5-7-9-11-13-15-17-21(30)34-3/h4-19H2,1-3H3,(H,27,31,32). The van der Waals surface area contributed by atoms with Crippen LogP contribution in [0.4, 0.5) is 0 Å². The van der Waals surface area contributed by atoms with E-state index in [4.69, 9.17) is 4.74 Å². The second kappa shape index (κ2) is 15.5. The Labute approximate surface area is 201 Å². The molecule has 0 radical (unpaired) electrons. The van der Waals surface area contributed by atoms with Crippen molar-refractivity contribution in [1.82, 2.24) is 19.1 Å². The van der Waals surface area contributed by atoms with Gasteiger partial charge >= 0.3 is 11.7 Å². The van der Waals surface area contributed by atoms with Gasteiger partial charge in [-0.2, -0.15) is 0 Å². The van der Waals surface area contributed by atoms with Gasteiger partial charge < -0.3 is 14.0 Å². The molecule has 0 amide bonds. The van der Waals surface area contributed by atoms with Gasteiger partial charge in [0.15, 0.2) is 11.2 Å². The zero-order valence-electron chi connectivity index (χ0n) is 21.2. The highest BCUT2D eigenvalue weighted by atomic mass is 16.5. The minimum Gasteiger partial charge on any atom is -0.469 e. The van der Waals surface area contributed by atoms with Gasteiger partial charge in [0.05, 0.1) is 7.11 Å². The van der Waals surface area contributed by atoms with Gasteiger partial charge in [-0.05, 0) is 12.8 Å². The Balaban J connectivity index is 1.58.